The van der Waals surface area contributed by atoms with E-state index >= 15 is 0 Å². The van der Waals surface area contributed by atoms with E-state index in [9.17, 15) is 24.8 Å². The molecule has 0 unspecified atom stereocenters. The average Bonchev–Trinajstić information content (AvgIpc) is 2.68. The quantitative estimate of drug-likeness (QED) is 0.405. The molecular weight excluding hydrogens is 348 g/mol. The van der Waals surface area contributed by atoms with Crippen molar-refractivity contribution in [1.29, 1.82) is 0 Å². The molecule has 1 amide bonds. The number of hydrogen-bond acceptors (Lipinski definition) is 4. The molecule has 3 aromatic rings. The van der Waals surface area contributed by atoms with Crippen molar-refractivity contribution in [2.24, 2.45) is 0 Å². The van der Waals surface area contributed by atoms with Crippen molar-refractivity contribution in [3.8, 4) is 0 Å². The zero-order chi connectivity index (χ0) is 19.4. The maximum absolute atomic E-state index is 12.6. The lowest BCUT2D eigenvalue weighted by Gasteiger charge is -2.20. The van der Waals surface area contributed by atoms with E-state index < -0.39 is 11.0 Å². The molecule has 0 aromatic heterocycles. The third kappa shape index (κ3) is 3.82. The number of carboxylic acid groups (broad SMARTS) is 1. The Morgan fingerprint density at radius 3 is 2.04 bits per heavy atom. The van der Waals surface area contributed by atoms with Gasteiger partial charge in [-0.15, -0.1) is 0 Å². The monoisotopic (exact) mass is 362 g/mol. The van der Waals surface area contributed by atoms with Gasteiger partial charge in [0.25, 0.3) is 5.69 Å². The van der Waals surface area contributed by atoms with Crippen LogP contribution in [-0.2, 0) is 0 Å². The maximum atomic E-state index is 12.6. The van der Waals surface area contributed by atoms with E-state index in [2.05, 4.69) is 0 Å². The number of anilines is 2. The van der Waals surface area contributed by atoms with Crippen molar-refractivity contribution in [2.45, 2.75) is 0 Å². The predicted octanol–water partition coefficient (Wildman–Crippen LogP) is 4.64. The van der Waals surface area contributed by atoms with Crippen LogP contribution in [-0.4, -0.2) is 21.9 Å². The van der Waals surface area contributed by atoms with E-state index in [1.807, 2.05) is 0 Å². The van der Waals surface area contributed by atoms with Crippen LogP contribution in [0.4, 0.5) is 21.9 Å². The molecule has 0 saturated carbocycles. The topological polar surface area (TPSA) is 101 Å². The van der Waals surface area contributed by atoms with Gasteiger partial charge in [0.15, 0.2) is 5.78 Å². The predicted molar refractivity (Wildman–Crippen MR) is 99.6 cm³/mol. The van der Waals surface area contributed by atoms with Gasteiger partial charge in [-0.25, -0.2) is 9.69 Å². The number of non-ortho nitro benzene ring substituents is 1. The van der Waals surface area contributed by atoms with E-state index in [1.54, 1.807) is 48.5 Å². The summed E-state index contributed by atoms with van der Waals surface area (Å²) in [5.41, 5.74) is 1.19. The highest BCUT2D eigenvalue weighted by molar-refractivity contribution is 6.10. The fourth-order valence-electron chi connectivity index (χ4n) is 2.64. The lowest BCUT2D eigenvalue weighted by Crippen LogP contribution is -2.23. The highest BCUT2D eigenvalue weighted by Gasteiger charge is 2.19. The second-order valence-corrected chi connectivity index (χ2v) is 5.64. The van der Waals surface area contributed by atoms with Crippen LogP contribution in [0.2, 0.25) is 0 Å². The minimum Gasteiger partial charge on any atom is -0.464 e. The summed E-state index contributed by atoms with van der Waals surface area (Å²) in [6.45, 7) is 0. The lowest BCUT2D eigenvalue weighted by atomic mass is 10.0. The number of ketones is 1. The highest BCUT2D eigenvalue weighted by Crippen LogP contribution is 2.28. The van der Waals surface area contributed by atoms with E-state index in [0.29, 0.717) is 11.1 Å². The Bertz CT molecular complexity index is 1000. The zero-order valence-electron chi connectivity index (χ0n) is 14.0. The summed E-state index contributed by atoms with van der Waals surface area (Å²) < 4.78 is 0. The first-order chi connectivity index (χ1) is 13.0. The summed E-state index contributed by atoms with van der Waals surface area (Å²) in [7, 11) is 0. The Morgan fingerprint density at radius 1 is 0.815 bits per heavy atom. The third-order valence-electron chi connectivity index (χ3n) is 3.91. The van der Waals surface area contributed by atoms with Crippen LogP contribution in [0.25, 0.3) is 0 Å². The Balaban J connectivity index is 1.98. The molecule has 0 atom stereocenters. The van der Waals surface area contributed by atoms with Crippen LogP contribution in [0.3, 0.4) is 0 Å². The maximum Gasteiger partial charge on any atom is 0.416 e. The molecule has 3 rings (SSSR count). The minimum atomic E-state index is -1.27. The van der Waals surface area contributed by atoms with Gasteiger partial charge in [-0.05, 0) is 24.3 Å². The summed E-state index contributed by atoms with van der Waals surface area (Å²) in [6, 6.07) is 20.0. The van der Waals surface area contributed by atoms with Crippen molar-refractivity contribution < 1.29 is 19.6 Å². The van der Waals surface area contributed by atoms with E-state index in [4.69, 9.17) is 0 Å². The molecule has 27 heavy (non-hydrogen) atoms. The molecule has 0 spiro atoms. The van der Waals surface area contributed by atoms with E-state index in [0.717, 1.165) is 4.90 Å². The number of amides is 1. The van der Waals surface area contributed by atoms with Gasteiger partial charge < -0.3 is 5.11 Å². The first-order valence-electron chi connectivity index (χ1n) is 7.94. The Morgan fingerprint density at radius 2 is 1.44 bits per heavy atom. The fourth-order valence-corrected chi connectivity index (χ4v) is 2.64. The molecule has 0 radical (unpaired) electrons. The molecule has 3 aromatic carbocycles. The van der Waals surface area contributed by atoms with Crippen molar-refractivity contribution in [3.63, 3.8) is 0 Å². The molecular formula is C20H14N2O5. The van der Waals surface area contributed by atoms with Crippen LogP contribution >= 0.6 is 0 Å². The molecule has 0 saturated heterocycles. The molecule has 0 bridgehead atoms. The highest BCUT2D eigenvalue weighted by atomic mass is 16.6. The van der Waals surface area contributed by atoms with E-state index in [1.165, 1.54) is 30.3 Å². The van der Waals surface area contributed by atoms with Gasteiger partial charge in [0.05, 0.1) is 16.3 Å². The Hall–Kier alpha value is -4.00. The summed E-state index contributed by atoms with van der Waals surface area (Å²) in [6.07, 6.45) is -1.27. The fraction of sp³-hybridized carbons (Fsp3) is 0. The van der Waals surface area contributed by atoms with E-state index in [-0.39, 0.29) is 22.8 Å². The first kappa shape index (κ1) is 17.8. The normalized spacial score (nSPS) is 10.2. The van der Waals surface area contributed by atoms with Crippen molar-refractivity contribution >= 4 is 28.9 Å². The van der Waals surface area contributed by atoms with Gasteiger partial charge >= 0.3 is 6.09 Å². The van der Waals surface area contributed by atoms with Crippen LogP contribution in [0, 0.1) is 10.1 Å². The second-order valence-electron chi connectivity index (χ2n) is 5.64. The van der Waals surface area contributed by atoms with Crippen LogP contribution in [0.1, 0.15) is 15.9 Å². The number of hydrogen-bond donors (Lipinski definition) is 1. The number of carbonyl (C=O) groups excluding carboxylic acids is 1. The van der Waals surface area contributed by atoms with Gasteiger partial charge in [-0.3, -0.25) is 14.9 Å². The molecule has 0 heterocycles. The lowest BCUT2D eigenvalue weighted by molar-refractivity contribution is -0.384. The van der Waals surface area contributed by atoms with Crippen LogP contribution in [0.5, 0.6) is 0 Å². The molecule has 134 valence electrons. The first-order valence-corrected chi connectivity index (χ1v) is 7.94. The molecule has 7 nitrogen and oxygen atoms in total. The largest absolute Gasteiger partial charge is 0.464 e. The molecule has 0 aliphatic rings. The molecule has 0 fully saturated rings. The minimum absolute atomic E-state index is 0.142. The molecule has 0 aliphatic carbocycles. The number of nitrogens with zero attached hydrogens (tertiary/aromatic N) is 2. The van der Waals surface area contributed by atoms with Gasteiger partial charge in [0.1, 0.15) is 0 Å². The molecule has 0 aliphatic heterocycles. The zero-order valence-corrected chi connectivity index (χ0v) is 14.0. The van der Waals surface area contributed by atoms with Gasteiger partial charge in [-0.2, -0.15) is 0 Å². The smallest absolute Gasteiger partial charge is 0.416 e. The molecule has 1 N–H and O–H groups in total. The number of nitro groups is 1. The summed E-state index contributed by atoms with van der Waals surface area (Å²) in [4.78, 5) is 35.6. The number of benzene rings is 3. The molecule has 7 heteroatoms. The summed E-state index contributed by atoms with van der Waals surface area (Å²) in [5, 5.41) is 20.4. The average molecular weight is 362 g/mol. The van der Waals surface area contributed by atoms with Crippen molar-refractivity contribution in [2.75, 3.05) is 4.90 Å². The van der Waals surface area contributed by atoms with Crippen LogP contribution in [0.15, 0.2) is 78.9 Å². The SMILES string of the molecule is O=C(c1ccccc1)c1cccc(N(C(=O)O)c2ccc([N+](=O)[O-])cc2)c1. The van der Waals surface area contributed by atoms with Crippen molar-refractivity contribution in [1.82, 2.24) is 0 Å². The number of nitro benzene ring substituents is 1. The van der Waals surface area contributed by atoms with Gasteiger partial charge in [0, 0.05) is 23.3 Å². The summed E-state index contributed by atoms with van der Waals surface area (Å²) >= 11 is 0. The standard InChI is InChI=1S/C20H14N2O5/c23-19(14-5-2-1-3-6-14)15-7-4-8-18(13-15)21(20(24)25)16-9-11-17(12-10-16)22(26)27/h1-13H,(H,24,25). The second kappa shape index (κ2) is 7.49. The summed E-state index contributed by atoms with van der Waals surface area (Å²) in [5.74, 6) is -0.230. The Kier molecular flexibility index (Phi) is 4.94. The number of rotatable bonds is 5. The Labute approximate surface area is 154 Å². The van der Waals surface area contributed by atoms with Gasteiger partial charge in [0.2, 0.25) is 0 Å². The third-order valence-corrected chi connectivity index (χ3v) is 3.91. The van der Waals surface area contributed by atoms with Gasteiger partial charge in [-0.1, -0.05) is 42.5 Å². The van der Waals surface area contributed by atoms with Crippen LogP contribution < -0.4 is 4.90 Å². The number of carbonyl (C=O) groups is 2. The van der Waals surface area contributed by atoms with Crippen molar-refractivity contribution in [3.05, 3.63) is 100 Å².